The van der Waals surface area contributed by atoms with E-state index in [9.17, 15) is 18.0 Å². The van der Waals surface area contributed by atoms with Crippen LogP contribution in [0.15, 0.2) is 99.1 Å². The Morgan fingerprint density at radius 3 is 2.38 bits per heavy atom. The highest BCUT2D eigenvalue weighted by Gasteiger charge is 2.36. The number of piperazine rings is 1. The number of fused-ring (bicyclic) bond motifs is 4. The summed E-state index contributed by atoms with van der Waals surface area (Å²) < 4.78 is 38.3. The number of hydrogen-bond donors (Lipinski definition) is 1. The third-order valence-electron chi connectivity index (χ3n) is 9.42. The molecule has 3 aromatic carbocycles. The van der Waals surface area contributed by atoms with E-state index in [1.54, 1.807) is 49.6 Å². The van der Waals surface area contributed by atoms with Gasteiger partial charge in [0.25, 0.3) is 21.5 Å². The number of sulfonamides is 1. The number of anilines is 3. The molecule has 2 bridgehead atoms. The number of nitrogens with one attached hydrogen (secondary N) is 1. The number of para-hydroxylation sites is 2. The summed E-state index contributed by atoms with van der Waals surface area (Å²) in [4.78, 5) is 32.8. The van der Waals surface area contributed by atoms with Gasteiger partial charge in [0, 0.05) is 73.5 Å². The minimum Gasteiger partial charge on any atom is -0.495 e. The fourth-order valence-corrected chi connectivity index (χ4v) is 8.49. The van der Waals surface area contributed by atoms with Crippen molar-refractivity contribution in [3.8, 4) is 5.75 Å². The van der Waals surface area contributed by atoms with Crippen LogP contribution >= 0.6 is 15.9 Å². The van der Waals surface area contributed by atoms with Crippen molar-refractivity contribution in [3.63, 3.8) is 0 Å². The van der Waals surface area contributed by atoms with E-state index in [2.05, 4.69) is 30.5 Å². The lowest BCUT2D eigenvalue weighted by Gasteiger charge is -2.44. The Balaban J connectivity index is 1.17. The quantitative estimate of drug-likeness (QED) is 0.287. The summed E-state index contributed by atoms with van der Waals surface area (Å²) in [5, 5.41) is 0. The van der Waals surface area contributed by atoms with Gasteiger partial charge in [-0.05, 0) is 73.0 Å². The number of methoxy groups -OCH3 is 1. The van der Waals surface area contributed by atoms with Gasteiger partial charge < -0.3 is 24.0 Å². The van der Waals surface area contributed by atoms with Crippen LogP contribution in [0.25, 0.3) is 0 Å². The van der Waals surface area contributed by atoms with Crippen LogP contribution in [-0.2, 0) is 16.6 Å². The van der Waals surface area contributed by atoms with E-state index in [4.69, 9.17) is 4.74 Å². The van der Waals surface area contributed by atoms with Crippen molar-refractivity contribution in [2.75, 3.05) is 60.9 Å². The zero-order valence-corrected chi connectivity index (χ0v) is 28.4. The molecule has 47 heavy (non-hydrogen) atoms. The Morgan fingerprint density at radius 1 is 0.851 bits per heavy atom. The lowest BCUT2D eigenvalue weighted by Crippen LogP contribution is -2.49. The number of nitrogens with zero attached hydrogens (tertiary/aromatic N) is 4. The van der Waals surface area contributed by atoms with Gasteiger partial charge in [-0.1, -0.05) is 34.1 Å². The number of rotatable bonds is 7. The summed E-state index contributed by atoms with van der Waals surface area (Å²) in [6.07, 6.45) is 0.970. The van der Waals surface area contributed by atoms with Crippen LogP contribution in [0.4, 0.5) is 17.1 Å². The molecule has 10 nitrogen and oxygen atoms in total. The van der Waals surface area contributed by atoms with E-state index < -0.39 is 10.0 Å². The molecule has 2 atom stereocenters. The third-order valence-corrected chi connectivity index (χ3v) is 11.3. The molecule has 2 saturated heterocycles. The van der Waals surface area contributed by atoms with Gasteiger partial charge in [0.15, 0.2) is 0 Å². The van der Waals surface area contributed by atoms with E-state index >= 15 is 0 Å². The maximum atomic E-state index is 13.9. The molecule has 4 aromatic rings. The molecule has 1 aromatic heterocycles. The summed E-state index contributed by atoms with van der Waals surface area (Å²) in [5.41, 5.74) is 3.51. The summed E-state index contributed by atoms with van der Waals surface area (Å²) in [5.74, 6) is 1.01. The first-order valence-electron chi connectivity index (χ1n) is 15.7. The molecule has 0 radical (unpaired) electrons. The average molecular weight is 719 g/mol. The van der Waals surface area contributed by atoms with Gasteiger partial charge in [0.1, 0.15) is 5.75 Å². The zero-order chi connectivity index (χ0) is 32.7. The molecule has 0 unspecified atom stereocenters. The van der Waals surface area contributed by atoms with Crippen LogP contribution in [-0.4, -0.2) is 70.2 Å². The van der Waals surface area contributed by atoms with E-state index in [1.165, 1.54) is 0 Å². The number of benzene rings is 3. The highest BCUT2D eigenvalue weighted by atomic mass is 79.9. The van der Waals surface area contributed by atoms with Crippen molar-refractivity contribution in [1.82, 2.24) is 9.47 Å². The molecule has 12 heteroatoms. The molecule has 7 rings (SSSR count). The molecule has 0 saturated carbocycles. The summed E-state index contributed by atoms with van der Waals surface area (Å²) in [6, 6.07) is 25.1. The van der Waals surface area contributed by atoms with Crippen molar-refractivity contribution in [2.45, 2.75) is 23.8 Å². The Morgan fingerprint density at radius 2 is 1.62 bits per heavy atom. The summed E-state index contributed by atoms with van der Waals surface area (Å²) in [6.45, 7) is 4.26. The Bertz CT molecular complexity index is 1980. The number of carbonyl (C=O) groups is 1. The summed E-state index contributed by atoms with van der Waals surface area (Å²) >= 11 is 3.37. The van der Waals surface area contributed by atoms with Crippen LogP contribution in [0.2, 0.25) is 0 Å². The molecule has 1 N–H and O–H groups in total. The lowest BCUT2D eigenvalue weighted by molar-refractivity contribution is 0.0746. The first kappa shape index (κ1) is 31.3. The first-order chi connectivity index (χ1) is 22.7. The predicted octanol–water partition coefficient (Wildman–Crippen LogP) is 5.01. The normalized spacial score (nSPS) is 19.2. The van der Waals surface area contributed by atoms with Crippen LogP contribution < -0.4 is 24.8 Å². The van der Waals surface area contributed by atoms with E-state index in [0.717, 1.165) is 28.0 Å². The molecular weight excluding hydrogens is 682 g/mol. The van der Waals surface area contributed by atoms with E-state index in [1.807, 2.05) is 51.9 Å². The number of amides is 1. The molecule has 0 aliphatic carbocycles. The highest BCUT2D eigenvalue weighted by molar-refractivity contribution is 9.10. The molecule has 3 aliphatic rings. The first-order valence-corrected chi connectivity index (χ1v) is 18.0. The zero-order valence-electron chi connectivity index (χ0n) is 26.0. The minimum atomic E-state index is -3.96. The predicted molar refractivity (Wildman–Crippen MR) is 186 cm³/mol. The smallest absolute Gasteiger partial charge is 0.261 e. The van der Waals surface area contributed by atoms with Gasteiger partial charge in [-0.25, -0.2) is 8.42 Å². The fraction of sp³-hybridized carbons (Fsp3) is 0.314. The van der Waals surface area contributed by atoms with Crippen molar-refractivity contribution in [1.29, 1.82) is 0 Å². The number of aromatic nitrogens is 1. The molecule has 0 spiro atoms. The maximum absolute atomic E-state index is 13.9. The van der Waals surface area contributed by atoms with Crippen molar-refractivity contribution in [2.24, 2.45) is 5.92 Å². The number of carbonyl (C=O) groups excluding carboxylic acids is 1. The second-order valence-electron chi connectivity index (χ2n) is 12.3. The SMILES string of the molecule is COc1ccccc1N1CCN(C(=O)c2ccc(N3C[C@H]4C[C@@H](C3)c3cccc(=O)n3C4)c(NS(=O)(=O)c3ccc(Br)cc3)c2)CC1. The second-order valence-corrected chi connectivity index (χ2v) is 14.9. The van der Waals surface area contributed by atoms with Gasteiger partial charge in [0.05, 0.1) is 29.1 Å². The van der Waals surface area contributed by atoms with E-state index in [0.29, 0.717) is 62.8 Å². The molecular formula is C35H36BrN5O5S. The van der Waals surface area contributed by atoms with Crippen LogP contribution in [0, 0.1) is 5.92 Å². The number of piperidine rings is 1. The molecule has 2 fully saturated rings. The number of ether oxygens (including phenoxy) is 1. The third kappa shape index (κ3) is 6.23. The largest absolute Gasteiger partial charge is 0.495 e. The Hall–Kier alpha value is -4.29. The van der Waals surface area contributed by atoms with Gasteiger partial charge in [-0.2, -0.15) is 0 Å². The molecule has 3 aliphatic heterocycles. The monoisotopic (exact) mass is 717 g/mol. The van der Waals surface area contributed by atoms with Crippen molar-refractivity contribution < 1.29 is 17.9 Å². The van der Waals surface area contributed by atoms with Gasteiger partial charge >= 0.3 is 0 Å². The maximum Gasteiger partial charge on any atom is 0.261 e. The average Bonchev–Trinajstić information content (AvgIpc) is 3.08. The molecule has 244 valence electrons. The number of halogens is 1. The van der Waals surface area contributed by atoms with E-state index in [-0.39, 0.29) is 28.2 Å². The van der Waals surface area contributed by atoms with Crippen molar-refractivity contribution in [3.05, 3.63) is 111 Å². The minimum absolute atomic E-state index is 0.0141. The second kappa shape index (κ2) is 12.7. The summed E-state index contributed by atoms with van der Waals surface area (Å²) in [7, 11) is -2.31. The lowest BCUT2D eigenvalue weighted by atomic mass is 9.83. The topological polar surface area (TPSA) is 104 Å². The Labute approximate surface area is 282 Å². The van der Waals surface area contributed by atoms with Crippen LogP contribution in [0.5, 0.6) is 5.75 Å². The number of hydrogen-bond acceptors (Lipinski definition) is 7. The van der Waals surface area contributed by atoms with Crippen molar-refractivity contribution >= 4 is 48.9 Å². The number of pyridine rings is 1. The highest BCUT2D eigenvalue weighted by Crippen LogP contribution is 2.40. The molecule has 4 heterocycles. The molecule has 1 amide bonds. The van der Waals surface area contributed by atoms with Gasteiger partial charge in [-0.3, -0.25) is 14.3 Å². The van der Waals surface area contributed by atoms with Gasteiger partial charge in [0.2, 0.25) is 0 Å². The van der Waals surface area contributed by atoms with Crippen LogP contribution in [0.3, 0.4) is 0 Å². The van der Waals surface area contributed by atoms with Gasteiger partial charge in [-0.15, -0.1) is 0 Å². The standard InChI is InChI=1S/C35H36BrN5O5S/c1-46-33-7-3-2-5-32(33)38-15-17-39(18-16-38)35(43)25-9-14-31(29(20-25)37-47(44,45)28-12-10-27(36)11-13-28)40-21-24-19-26(23-40)30-6-4-8-34(42)41(30)22-24/h2-14,20,24,26,37H,15-19,21-23H2,1H3/t24-,26+/m1/s1. The Kier molecular flexibility index (Phi) is 8.48. The fourth-order valence-electron chi connectivity index (χ4n) is 7.16. The van der Waals surface area contributed by atoms with Crippen LogP contribution in [0.1, 0.15) is 28.4 Å².